The van der Waals surface area contributed by atoms with Crippen LogP contribution in [0.25, 0.3) is 6.08 Å². The Bertz CT molecular complexity index is 920. The van der Waals surface area contributed by atoms with E-state index in [1.54, 1.807) is 12.3 Å². The zero-order chi connectivity index (χ0) is 19.1. The monoisotopic (exact) mass is 376 g/mol. The van der Waals surface area contributed by atoms with Gasteiger partial charge in [-0.2, -0.15) is 0 Å². The van der Waals surface area contributed by atoms with Gasteiger partial charge in [-0.05, 0) is 66.5 Å². The van der Waals surface area contributed by atoms with Crippen LogP contribution in [-0.2, 0) is 16.0 Å². The highest BCUT2D eigenvalue weighted by molar-refractivity contribution is 5.94. The van der Waals surface area contributed by atoms with Gasteiger partial charge in [0.15, 0.2) is 0 Å². The van der Waals surface area contributed by atoms with Crippen LogP contribution in [0, 0.1) is 11.8 Å². The van der Waals surface area contributed by atoms with Crippen LogP contribution in [-0.4, -0.2) is 39.4 Å². The van der Waals surface area contributed by atoms with Crippen LogP contribution >= 0.6 is 0 Å². The van der Waals surface area contributed by atoms with E-state index in [2.05, 4.69) is 39.4 Å². The van der Waals surface area contributed by atoms with E-state index >= 15 is 0 Å². The Morgan fingerprint density at radius 1 is 1.14 bits per heavy atom. The first-order chi connectivity index (χ1) is 13.7. The van der Waals surface area contributed by atoms with E-state index in [4.69, 9.17) is 0 Å². The minimum atomic E-state index is 0.0112. The van der Waals surface area contributed by atoms with Gasteiger partial charge in [0.25, 0.3) is 0 Å². The Balaban J connectivity index is 1.20. The SMILES string of the molecule is O=C1CCc2cc(C=CC(=O)N3CC4CC(n5cccc5)CC4C3)cnc2N1. The number of nitrogens with zero attached hydrogens (tertiary/aromatic N) is 3. The van der Waals surface area contributed by atoms with Gasteiger partial charge in [0.05, 0.1) is 0 Å². The normalized spacial score (nSPS) is 26.4. The van der Waals surface area contributed by atoms with Crippen molar-refractivity contribution in [3.63, 3.8) is 0 Å². The van der Waals surface area contributed by atoms with Gasteiger partial charge < -0.3 is 14.8 Å². The third-order valence-corrected chi connectivity index (χ3v) is 6.37. The number of pyridine rings is 1. The van der Waals surface area contributed by atoms with Crippen molar-refractivity contribution in [2.24, 2.45) is 11.8 Å². The molecule has 0 aromatic carbocycles. The second kappa shape index (κ2) is 6.93. The number of anilines is 1. The summed E-state index contributed by atoms with van der Waals surface area (Å²) in [6.45, 7) is 1.72. The summed E-state index contributed by atoms with van der Waals surface area (Å²) in [6, 6.07) is 6.75. The number of carbonyl (C=O) groups excluding carboxylic acids is 2. The molecule has 1 N–H and O–H groups in total. The minimum Gasteiger partial charge on any atom is -0.351 e. The Hall–Kier alpha value is -2.89. The predicted octanol–water partition coefficient (Wildman–Crippen LogP) is 2.89. The highest BCUT2D eigenvalue weighted by atomic mass is 16.2. The maximum atomic E-state index is 12.6. The second-order valence-electron chi connectivity index (χ2n) is 8.18. The number of amides is 2. The van der Waals surface area contributed by atoms with Crippen molar-refractivity contribution in [3.8, 4) is 0 Å². The summed E-state index contributed by atoms with van der Waals surface area (Å²) in [7, 11) is 0. The summed E-state index contributed by atoms with van der Waals surface area (Å²) in [6.07, 6.45) is 13.0. The number of fused-ring (bicyclic) bond motifs is 2. The molecule has 0 bridgehead atoms. The number of hydrogen-bond donors (Lipinski definition) is 1. The fourth-order valence-electron chi connectivity index (χ4n) is 4.92. The maximum absolute atomic E-state index is 12.6. The molecule has 2 unspecified atom stereocenters. The van der Waals surface area contributed by atoms with E-state index in [9.17, 15) is 9.59 Å². The van der Waals surface area contributed by atoms with Gasteiger partial charge in [-0.3, -0.25) is 9.59 Å². The molecule has 2 aromatic rings. The Morgan fingerprint density at radius 3 is 2.64 bits per heavy atom. The van der Waals surface area contributed by atoms with Crippen molar-refractivity contribution in [1.29, 1.82) is 0 Å². The van der Waals surface area contributed by atoms with E-state index < -0.39 is 0 Å². The average Bonchev–Trinajstić information content (AvgIpc) is 3.41. The third kappa shape index (κ3) is 3.23. The van der Waals surface area contributed by atoms with Crippen LogP contribution in [0.1, 0.15) is 36.4 Å². The molecule has 1 saturated carbocycles. The fourth-order valence-corrected chi connectivity index (χ4v) is 4.92. The van der Waals surface area contributed by atoms with E-state index in [1.807, 2.05) is 17.0 Å². The molecule has 2 atom stereocenters. The zero-order valence-electron chi connectivity index (χ0n) is 15.8. The lowest BCUT2D eigenvalue weighted by Gasteiger charge is -2.19. The number of hydrogen-bond acceptors (Lipinski definition) is 3. The maximum Gasteiger partial charge on any atom is 0.246 e. The number of likely N-dealkylation sites (tertiary alicyclic amines) is 1. The smallest absolute Gasteiger partial charge is 0.246 e. The molecule has 2 aromatic heterocycles. The topological polar surface area (TPSA) is 67.2 Å². The van der Waals surface area contributed by atoms with Crippen LogP contribution in [0.2, 0.25) is 0 Å². The van der Waals surface area contributed by atoms with Gasteiger partial charge in [-0.25, -0.2) is 4.98 Å². The minimum absolute atomic E-state index is 0.0112. The Morgan fingerprint density at radius 2 is 1.89 bits per heavy atom. The van der Waals surface area contributed by atoms with E-state index in [0.717, 1.165) is 37.1 Å². The Labute approximate surface area is 164 Å². The largest absolute Gasteiger partial charge is 0.351 e. The molecule has 28 heavy (non-hydrogen) atoms. The van der Waals surface area contributed by atoms with E-state index in [1.165, 1.54) is 0 Å². The standard InChI is InChI=1S/C22H24N4O2/c27-20-5-4-16-9-15(12-23-22(16)24-20)3-6-21(28)26-13-17-10-19(11-18(17)14-26)25-7-1-2-8-25/h1-3,6-9,12,17-19H,4-5,10-11,13-14H2,(H,23,24,27). The lowest BCUT2D eigenvalue weighted by molar-refractivity contribution is -0.125. The molecule has 6 heteroatoms. The van der Waals surface area contributed by atoms with Crippen LogP contribution in [0.5, 0.6) is 0 Å². The molecule has 4 heterocycles. The molecule has 0 spiro atoms. The van der Waals surface area contributed by atoms with Crippen molar-refractivity contribution in [3.05, 3.63) is 54.0 Å². The van der Waals surface area contributed by atoms with Gasteiger partial charge in [0.1, 0.15) is 5.82 Å². The first-order valence-electron chi connectivity index (χ1n) is 10.0. The van der Waals surface area contributed by atoms with Crippen LogP contribution in [0.3, 0.4) is 0 Å². The van der Waals surface area contributed by atoms with Crippen molar-refractivity contribution in [1.82, 2.24) is 14.5 Å². The number of aromatic nitrogens is 2. The van der Waals surface area contributed by atoms with E-state index in [-0.39, 0.29) is 11.8 Å². The van der Waals surface area contributed by atoms with Gasteiger partial charge in [-0.15, -0.1) is 0 Å². The van der Waals surface area contributed by atoms with Crippen molar-refractivity contribution in [2.75, 3.05) is 18.4 Å². The molecule has 3 aliphatic rings. The number of carbonyl (C=O) groups is 2. The molecular formula is C22H24N4O2. The first kappa shape index (κ1) is 17.2. The summed E-state index contributed by atoms with van der Waals surface area (Å²) < 4.78 is 2.32. The molecule has 1 saturated heterocycles. The molecular weight excluding hydrogens is 352 g/mol. The fraction of sp³-hybridized carbons (Fsp3) is 0.409. The molecule has 144 valence electrons. The van der Waals surface area contributed by atoms with Gasteiger partial charge in [0.2, 0.25) is 11.8 Å². The van der Waals surface area contributed by atoms with Gasteiger partial charge in [-0.1, -0.05) is 0 Å². The highest BCUT2D eigenvalue weighted by Crippen LogP contribution is 2.43. The molecule has 2 aliphatic heterocycles. The van der Waals surface area contributed by atoms with E-state index in [0.29, 0.717) is 36.5 Å². The van der Waals surface area contributed by atoms with Crippen molar-refractivity contribution < 1.29 is 9.59 Å². The molecule has 5 rings (SSSR count). The average molecular weight is 376 g/mol. The lowest BCUT2D eigenvalue weighted by Crippen LogP contribution is -2.28. The summed E-state index contributed by atoms with van der Waals surface area (Å²) >= 11 is 0. The van der Waals surface area contributed by atoms with Gasteiger partial charge in [0, 0.05) is 50.2 Å². The van der Waals surface area contributed by atoms with Crippen molar-refractivity contribution in [2.45, 2.75) is 31.7 Å². The predicted molar refractivity (Wildman–Crippen MR) is 106 cm³/mol. The second-order valence-corrected chi connectivity index (χ2v) is 8.18. The number of aryl methyl sites for hydroxylation is 1. The summed E-state index contributed by atoms with van der Waals surface area (Å²) in [4.78, 5) is 30.4. The first-order valence-corrected chi connectivity index (χ1v) is 10.0. The molecule has 2 fully saturated rings. The van der Waals surface area contributed by atoms with Crippen LogP contribution in [0.4, 0.5) is 5.82 Å². The van der Waals surface area contributed by atoms with Gasteiger partial charge >= 0.3 is 0 Å². The third-order valence-electron chi connectivity index (χ3n) is 6.37. The summed E-state index contributed by atoms with van der Waals surface area (Å²) in [5.74, 6) is 1.96. The zero-order valence-corrected chi connectivity index (χ0v) is 15.8. The lowest BCUT2D eigenvalue weighted by atomic mass is 10.0. The molecule has 2 amide bonds. The summed E-state index contributed by atoms with van der Waals surface area (Å²) in [5.41, 5.74) is 1.93. The van der Waals surface area contributed by atoms with Crippen LogP contribution < -0.4 is 5.32 Å². The summed E-state index contributed by atoms with van der Waals surface area (Å²) in [5, 5.41) is 2.78. The quantitative estimate of drug-likeness (QED) is 0.838. The molecule has 6 nitrogen and oxygen atoms in total. The Kier molecular flexibility index (Phi) is 4.26. The molecule has 0 radical (unpaired) electrons. The van der Waals surface area contributed by atoms with Crippen LogP contribution in [0.15, 0.2) is 42.9 Å². The number of rotatable bonds is 3. The highest BCUT2D eigenvalue weighted by Gasteiger charge is 2.42. The molecule has 1 aliphatic carbocycles. The van der Waals surface area contributed by atoms with Crippen molar-refractivity contribution >= 4 is 23.7 Å². The number of nitrogens with one attached hydrogen (secondary N) is 1.